The first kappa shape index (κ1) is 13.0. The van der Waals surface area contributed by atoms with Gasteiger partial charge in [0.1, 0.15) is 29.6 Å². The molecule has 0 aliphatic heterocycles. The van der Waals surface area contributed by atoms with Crippen LogP contribution >= 0.6 is 0 Å². The van der Waals surface area contributed by atoms with Crippen molar-refractivity contribution in [1.29, 1.82) is 0 Å². The SMILES string of the molecule is O=C(O)c1ccc(F)cc1OCc1ccc(F)cc1. The third kappa shape index (κ3) is 3.28. The second-order valence-corrected chi connectivity index (χ2v) is 3.86. The van der Waals surface area contributed by atoms with Crippen LogP contribution in [-0.2, 0) is 6.61 Å². The van der Waals surface area contributed by atoms with Gasteiger partial charge in [-0.25, -0.2) is 13.6 Å². The fraction of sp³-hybridized carbons (Fsp3) is 0.0714. The Bertz CT molecular complexity index is 594. The number of ether oxygens (including phenoxy) is 1. The predicted octanol–water partition coefficient (Wildman–Crippen LogP) is 3.24. The van der Waals surface area contributed by atoms with Gasteiger partial charge in [-0.05, 0) is 29.8 Å². The Morgan fingerprint density at radius 2 is 1.68 bits per heavy atom. The molecule has 2 aromatic rings. The Labute approximate surface area is 108 Å². The number of benzene rings is 2. The summed E-state index contributed by atoms with van der Waals surface area (Å²) in [6, 6.07) is 8.74. The van der Waals surface area contributed by atoms with Crippen molar-refractivity contribution in [1.82, 2.24) is 0 Å². The minimum absolute atomic E-state index is 0.0318. The molecule has 19 heavy (non-hydrogen) atoms. The summed E-state index contributed by atoms with van der Waals surface area (Å²) >= 11 is 0. The smallest absolute Gasteiger partial charge is 0.339 e. The standard InChI is InChI=1S/C14H10F2O3/c15-10-3-1-9(2-4-10)8-19-13-7-11(16)5-6-12(13)14(17)18/h1-7H,8H2,(H,17,18). The van der Waals surface area contributed by atoms with Crippen molar-refractivity contribution in [2.75, 3.05) is 0 Å². The van der Waals surface area contributed by atoms with E-state index in [1.165, 1.54) is 24.3 Å². The molecule has 0 aromatic heterocycles. The molecule has 2 aromatic carbocycles. The molecule has 5 heteroatoms. The van der Waals surface area contributed by atoms with E-state index < -0.39 is 11.8 Å². The number of carboxylic acids is 1. The van der Waals surface area contributed by atoms with Gasteiger partial charge in [-0.1, -0.05) is 12.1 Å². The first-order chi connectivity index (χ1) is 9.06. The minimum atomic E-state index is -1.20. The zero-order valence-corrected chi connectivity index (χ0v) is 9.77. The summed E-state index contributed by atoms with van der Waals surface area (Å²) in [6.45, 7) is 0.0318. The van der Waals surface area contributed by atoms with Crippen molar-refractivity contribution in [2.24, 2.45) is 0 Å². The average Bonchev–Trinajstić information content (AvgIpc) is 2.38. The van der Waals surface area contributed by atoms with Crippen LogP contribution in [-0.4, -0.2) is 11.1 Å². The fourth-order valence-corrected chi connectivity index (χ4v) is 1.53. The van der Waals surface area contributed by atoms with Gasteiger partial charge in [0.25, 0.3) is 0 Å². The lowest BCUT2D eigenvalue weighted by Crippen LogP contribution is -2.04. The molecule has 1 N–H and O–H groups in total. The predicted molar refractivity (Wildman–Crippen MR) is 64.1 cm³/mol. The minimum Gasteiger partial charge on any atom is -0.488 e. The maximum absolute atomic E-state index is 13.1. The number of carbonyl (C=O) groups is 1. The van der Waals surface area contributed by atoms with Crippen LogP contribution in [0.3, 0.4) is 0 Å². The van der Waals surface area contributed by atoms with Crippen molar-refractivity contribution in [3.63, 3.8) is 0 Å². The highest BCUT2D eigenvalue weighted by Crippen LogP contribution is 2.21. The molecule has 0 saturated carbocycles. The van der Waals surface area contributed by atoms with Crippen molar-refractivity contribution in [2.45, 2.75) is 6.61 Å². The third-order valence-electron chi connectivity index (χ3n) is 2.48. The number of carboxylic acid groups (broad SMARTS) is 1. The number of hydrogen-bond acceptors (Lipinski definition) is 2. The molecule has 3 nitrogen and oxygen atoms in total. The van der Waals surface area contributed by atoms with Crippen LogP contribution < -0.4 is 4.74 Å². The maximum atomic E-state index is 13.1. The van der Waals surface area contributed by atoms with Gasteiger partial charge in [0.05, 0.1) is 0 Å². The molecule has 2 rings (SSSR count). The Kier molecular flexibility index (Phi) is 3.75. The van der Waals surface area contributed by atoms with E-state index >= 15 is 0 Å². The average molecular weight is 264 g/mol. The largest absolute Gasteiger partial charge is 0.488 e. The van der Waals surface area contributed by atoms with Gasteiger partial charge in [0.15, 0.2) is 0 Å². The van der Waals surface area contributed by atoms with Crippen LogP contribution in [0.4, 0.5) is 8.78 Å². The highest BCUT2D eigenvalue weighted by molar-refractivity contribution is 5.90. The van der Waals surface area contributed by atoms with Gasteiger partial charge in [0.2, 0.25) is 0 Å². The van der Waals surface area contributed by atoms with Gasteiger partial charge in [-0.15, -0.1) is 0 Å². The zero-order chi connectivity index (χ0) is 13.8. The Morgan fingerprint density at radius 3 is 2.32 bits per heavy atom. The van der Waals surface area contributed by atoms with Crippen LogP contribution in [0.2, 0.25) is 0 Å². The molecule has 0 atom stereocenters. The van der Waals surface area contributed by atoms with E-state index in [9.17, 15) is 13.6 Å². The highest BCUT2D eigenvalue weighted by Gasteiger charge is 2.12. The summed E-state index contributed by atoms with van der Waals surface area (Å²) in [7, 11) is 0. The van der Waals surface area contributed by atoms with E-state index in [1.54, 1.807) is 0 Å². The molecular formula is C14H10F2O3. The Morgan fingerprint density at radius 1 is 1.05 bits per heavy atom. The van der Waals surface area contributed by atoms with Crippen molar-refractivity contribution in [3.8, 4) is 5.75 Å². The summed E-state index contributed by atoms with van der Waals surface area (Å²) in [5.74, 6) is -2.22. The van der Waals surface area contributed by atoms with Crippen molar-refractivity contribution >= 4 is 5.97 Å². The number of aromatic carboxylic acids is 1. The van der Waals surface area contributed by atoms with Crippen LogP contribution in [0.25, 0.3) is 0 Å². The van der Waals surface area contributed by atoms with Gasteiger partial charge in [0, 0.05) is 6.07 Å². The lowest BCUT2D eigenvalue weighted by molar-refractivity contribution is 0.0691. The summed E-state index contributed by atoms with van der Waals surface area (Å²) in [5.41, 5.74) is 0.533. The molecule has 0 radical (unpaired) electrons. The Balaban J connectivity index is 2.16. The summed E-state index contributed by atoms with van der Waals surface area (Å²) in [5, 5.41) is 8.94. The molecule has 0 spiro atoms. The van der Waals surface area contributed by atoms with Gasteiger partial charge < -0.3 is 9.84 Å². The Hall–Kier alpha value is -2.43. The summed E-state index contributed by atoms with van der Waals surface area (Å²) < 4.78 is 31.0. The molecule has 0 saturated heterocycles. The molecule has 0 unspecified atom stereocenters. The van der Waals surface area contributed by atoms with E-state index in [4.69, 9.17) is 9.84 Å². The second-order valence-electron chi connectivity index (χ2n) is 3.86. The molecule has 0 aliphatic carbocycles. The van der Waals surface area contributed by atoms with Crippen LogP contribution in [0.1, 0.15) is 15.9 Å². The molecular weight excluding hydrogens is 254 g/mol. The van der Waals surface area contributed by atoms with Gasteiger partial charge in [-0.2, -0.15) is 0 Å². The first-order valence-corrected chi connectivity index (χ1v) is 5.46. The van der Waals surface area contributed by atoms with E-state index in [0.29, 0.717) is 5.56 Å². The molecule has 0 bridgehead atoms. The third-order valence-corrected chi connectivity index (χ3v) is 2.48. The lowest BCUT2D eigenvalue weighted by atomic mass is 10.2. The summed E-state index contributed by atoms with van der Waals surface area (Å²) in [4.78, 5) is 10.9. The van der Waals surface area contributed by atoms with Gasteiger partial charge >= 0.3 is 5.97 Å². The maximum Gasteiger partial charge on any atom is 0.339 e. The topological polar surface area (TPSA) is 46.5 Å². The highest BCUT2D eigenvalue weighted by atomic mass is 19.1. The van der Waals surface area contributed by atoms with Crippen LogP contribution in [0, 0.1) is 11.6 Å². The van der Waals surface area contributed by atoms with Crippen molar-refractivity contribution < 1.29 is 23.4 Å². The summed E-state index contributed by atoms with van der Waals surface area (Å²) in [6.07, 6.45) is 0. The quantitative estimate of drug-likeness (QED) is 0.922. The van der Waals surface area contributed by atoms with E-state index in [-0.39, 0.29) is 23.7 Å². The second kappa shape index (κ2) is 5.48. The van der Waals surface area contributed by atoms with Gasteiger partial charge in [-0.3, -0.25) is 0 Å². The zero-order valence-electron chi connectivity index (χ0n) is 9.77. The van der Waals surface area contributed by atoms with E-state index in [2.05, 4.69) is 0 Å². The van der Waals surface area contributed by atoms with Crippen LogP contribution in [0.5, 0.6) is 5.75 Å². The van der Waals surface area contributed by atoms with Crippen molar-refractivity contribution in [3.05, 3.63) is 65.2 Å². The monoisotopic (exact) mass is 264 g/mol. The lowest BCUT2D eigenvalue weighted by Gasteiger charge is -2.09. The van der Waals surface area contributed by atoms with E-state index in [1.807, 2.05) is 0 Å². The molecule has 0 heterocycles. The molecule has 98 valence electrons. The van der Waals surface area contributed by atoms with E-state index in [0.717, 1.165) is 18.2 Å². The molecule has 0 amide bonds. The van der Waals surface area contributed by atoms with Crippen LogP contribution in [0.15, 0.2) is 42.5 Å². The molecule has 0 fully saturated rings. The molecule has 0 aliphatic rings. The fourth-order valence-electron chi connectivity index (χ4n) is 1.53. The number of halogens is 2. The number of rotatable bonds is 4. The normalized spacial score (nSPS) is 10.2. The number of hydrogen-bond donors (Lipinski definition) is 1. The first-order valence-electron chi connectivity index (χ1n) is 5.46.